The number of alkyl halides is 3. The Hall–Kier alpha value is -0.740. The van der Waals surface area contributed by atoms with E-state index >= 15 is 0 Å². The standard InChI is InChI=1S/C12H15ClF3N/c1-17-11(3-2-8-12(14,15)16)9-4-6-10(13)7-5-9/h4-7,11,17H,2-3,8H2,1H3. The number of rotatable bonds is 5. The summed E-state index contributed by atoms with van der Waals surface area (Å²) in [6.45, 7) is 0. The molecule has 0 radical (unpaired) electrons. The molecule has 0 aliphatic rings. The van der Waals surface area contributed by atoms with Crippen molar-refractivity contribution in [1.29, 1.82) is 0 Å². The van der Waals surface area contributed by atoms with Gasteiger partial charge in [-0.25, -0.2) is 0 Å². The molecular weight excluding hydrogens is 251 g/mol. The van der Waals surface area contributed by atoms with Gasteiger partial charge in [-0.3, -0.25) is 0 Å². The van der Waals surface area contributed by atoms with Crippen LogP contribution >= 0.6 is 11.6 Å². The van der Waals surface area contributed by atoms with Crippen molar-refractivity contribution in [2.45, 2.75) is 31.5 Å². The molecule has 0 amide bonds. The first-order valence-electron chi connectivity index (χ1n) is 5.42. The molecule has 0 spiro atoms. The molecule has 0 fully saturated rings. The Labute approximate surface area is 104 Å². The van der Waals surface area contributed by atoms with Crippen LogP contribution in [0.2, 0.25) is 5.02 Å². The van der Waals surface area contributed by atoms with Crippen LogP contribution in [-0.2, 0) is 0 Å². The van der Waals surface area contributed by atoms with Gasteiger partial charge in [-0.05, 0) is 37.6 Å². The third-order valence-electron chi connectivity index (χ3n) is 2.57. The molecule has 1 aromatic carbocycles. The molecule has 0 aliphatic heterocycles. The lowest BCUT2D eigenvalue weighted by atomic mass is 10.0. The summed E-state index contributed by atoms with van der Waals surface area (Å²) in [6, 6.07) is 7.08. The first kappa shape index (κ1) is 14.3. The second-order valence-corrected chi connectivity index (χ2v) is 4.34. The van der Waals surface area contributed by atoms with Crippen LogP contribution in [-0.4, -0.2) is 13.2 Å². The third kappa shape index (κ3) is 5.41. The number of hydrogen-bond donors (Lipinski definition) is 1. The van der Waals surface area contributed by atoms with E-state index in [2.05, 4.69) is 5.32 Å². The highest BCUT2D eigenvalue weighted by molar-refractivity contribution is 6.30. The second kappa shape index (κ2) is 6.26. The Bertz CT molecular complexity index is 335. The topological polar surface area (TPSA) is 12.0 Å². The first-order valence-corrected chi connectivity index (χ1v) is 5.79. The molecule has 0 heterocycles. The summed E-state index contributed by atoms with van der Waals surface area (Å²) in [7, 11) is 1.74. The van der Waals surface area contributed by atoms with Gasteiger partial charge >= 0.3 is 6.18 Å². The van der Waals surface area contributed by atoms with Crippen molar-refractivity contribution in [2.24, 2.45) is 0 Å². The van der Waals surface area contributed by atoms with Gasteiger partial charge in [-0.15, -0.1) is 0 Å². The van der Waals surface area contributed by atoms with Crippen molar-refractivity contribution in [3.05, 3.63) is 34.9 Å². The van der Waals surface area contributed by atoms with Crippen molar-refractivity contribution < 1.29 is 13.2 Å². The van der Waals surface area contributed by atoms with E-state index in [0.717, 1.165) is 5.56 Å². The first-order chi connectivity index (χ1) is 7.92. The number of benzene rings is 1. The van der Waals surface area contributed by atoms with E-state index in [9.17, 15) is 13.2 Å². The molecule has 0 saturated heterocycles. The Balaban J connectivity index is 2.51. The van der Waals surface area contributed by atoms with E-state index in [1.54, 1.807) is 19.2 Å². The van der Waals surface area contributed by atoms with Crippen molar-refractivity contribution in [3.63, 3.8) is 0 Å². The summed E-state index contributed by atoms with van der Waals surface area (Å²) in [5, 5.41) is 3.64. The fourth-order valence-electron chi connectivity index (χ4n) is 1.68. The van der Waals surface area contributed by atoms with E-state index in [-0.39, 0.29) is 12.5 Å². The van der Waals surface area contributed by atoms with Gasteiger partial charge < -0.3 is 5.32 Å². The predicted molar refractivity (Wildman–Crippen MR) is 63.2 cm³/mol. The average molecular weight is 266 g/mol. The molecular formula is C12H15ClF3N. The van der Waals surface area contributed by atoms with E-state index in [4.69, 9.17) is 11.6 Å². The molecule has 0 aromatic heterocycles. The zero-order chi connectivity index (χ0) is 12.9. The van der Waals surface area contributed by atoms with Gasteiger partial charge in [0, 0.05) is 17.5 Å². The normalized spacial score (nSPS) is 13.7. The Morgan fingerprint density at radius 1 is 1.24 bits per heavy atom. The van der Waals surface area contributed by atoms with Crippen LogP contribution in [0.15, 0.2) is 24.3 Å². The summed E-state index contributed by atoms with van der Waals surface area (Å²) < 4.78 is 36.1. The van der Waals surface area contributed by atoms with E-state index < -0.39 is 12.6 Å². The minimum Gasteiger partial charge on any atom is -0.313 e. The summed E-state index contributed by atoms with van der Waals surface area (Å²) in [6.07, 6.45) is -4.23. The Morgan fingerprint density at radius 3 is 2.29 bits per heavy atom. The molecule has 0 aliphatic carbocycles. The molecule has 1 nitrogen and oxygen atoms in total. The quantitative estimate of drug-likeness (QED) is 0.835. The maximum atomic E-state index is 12.0. The van der Waals surface area contributed by atoms with Crippen LogP contribution in [0, 0.1) is 0 Å². The predicted octanol–water partition coefficient (Wildman–Crippen LogP) is 4.33. The largest absolute Gasteiger partial charge is 0.389 e. The third-order valence-corrected chi connectivity index (χ3v) is 2.83. The van der Waals surface area contributed by atoms with Gasteiger partial charge in [-0.1, -0.05) is 23.7 Å². The SMILES string of the molecule is CNC(CCCC(F)(F)F)c1ccc(Cl)cc1. The van der Waals surface area contributed by atoms with Crippen LogP contribution in [0.5, 0.6) is 0 Å². The molecule has 17 heavy (non-hydrogen) atoms. The highest BCUT2D eigenvalue weighted by atomic mass is 35.5. The highest BCUT2D eigenvalue weighted by Gasteiger charge is 2.26. The average Bonchev–Trinajstić information content (AvgIpc) is 2.24. The van der Waals surface area contributed by atoms with Gasteiger partial charge in [0.15, 0.2) is 0 Å². The van der Waals surface area contributed by atoms with Gasteiger partial charge in [0.25, 0.3) is 0 Å². The van der Waals surface area contributed by atoms with Gasteiger partial charge in [0.2, 0.25) is 0 Å². The molecule has 1 N–H and O–H groups in total. The zero-order valence-corrected chi connectivity index (χ0v) is 10.3. The molecule has 0 bridgehead atoms. The molecule has 0 saturated carbocycles. The van der Waals surface area contributed by atoms with E-state index in [1.807, 2.05) is 12.1 Å². The fraction of sp³-hybridized carbons (Fsp3) is 0.500. The Morgan fingerprint density at radius 2 is 1.82 bits per heavy atom. The van der Waals surface area contributed by atoms with Crippen molar-refractivity contribution in [1.82, 2.24) is 5.32 Å². The smallest absolute Gasteiger partial charge is 0.313 e. The fourth-order valence-corrected chi connectivity index (χ4v) is 1.81. The van der Waals surface area contributed by atoms with Crippen LogP contribution in [0.1, 0.15) is 30.9 Å². The van der Waals surface area contributed by atoms with Crippen LogP contribution in [0.4, 0.5) is 13.2 Å². The summed E-state index contributed by atoms with van der Waals surface area (Å²) >= 11 is 5.75. The summed E-state index contributed by atoms with van der Waals surface area (Å²) in [5.74, 6) is 0. The maximum Gasteiger partial charge on any atom is 0.389 e. The van der Waals surface area contributed by atoms with Crippen molar-refractivity contribution >= 4 is 11.6 Å². The van der Waals surface area contributed by atoms with Crippen LogP contribution in [0.25, 0.3) is 0 Å². The minimum atomic E-state index is -4.07. The molecule has 1 atom stereocenters. The zero-order valence-electron chi connectivity index (χ0n) is 9.52. The summed E-state index contributed by atoms with van der Waals surface area (Å²) in [5.41, 5.74) is 0.957. The van der Waals surface area contributed by atoms with E-state index in [1.165, 1.54) is 0 Å². The molecule has 5 heteroatoms. The van der Waals surface area contributed by atoms with E-state index in [0.29, 0.717) is 11.4 Å². The molecule has 1 aromatic rings. The Kier molecular flexibility index (Phi) is 5.28. The minimum absolute atomic E-state index is 0.0605. The van der Waals surface area contributed by atoms with Crippen molar-refractivity contribution in [3.8, 4) is 0 Å². The lowest BCUT2D eigenvalue weighted by Gasteiger charge is -2.17. The second-order valence-electron chi connectivity index (χ2n) is 3.90. The molecule has 96 valence electrons. The number of hydrogen-bond acceptors (Lipinski definition) is 1. The highest BCUT2D eigenvalue weighted by Crippen LogP contribution is 2.26. The lowest BCUT2D eigenvalue weighted by molar-refractivity contribution is -0.135. The monoisotopic (exact) mass is 265 g/mol. The number of nitrogens with one attached hydrogen (secondary N) is 1. The number of halogens is 4. The van der Waals surface area contributed by atoms with Crippen LogP contribution in [0.3, 0.4) is 0 Å². The van der Waals surface area contributed by atoms with Crippen LogP contribution < -0.4 is 5.32 Å². The maximum absolute atomic E-state index is 12.0. The van der Waals surface area contributed by atoms with Crippen molar-refractivity contribution in [2.75, 3.05) is 7.05 Å². The molecule has 1 unspecified atom stereocenters. The van der Waals surface area contributed by atoms with Gasteiger partial charge in [0.05, 0.1) is 0 Å². The molecule has 1 rings (SSSR count). The lowest BCUT2D eigenvalue weighted by Crippen LogP contribution is -2.17. The van der Waals surface area contributed by atoms with Gasteiger partial charge in [-0.2, -0.15) is 13.2 Å². The van der Waals surface area contributed by atoms with Gasteiger partial charge in [0.1, 0.15) is 0 Å². The summed E-state index contributed by atoms with van der Waals surface area (Å²) in [4.78, 5) is 0.